The van der Waals surface area contributed by atoms with Gasteiger partial charge in [-0.3, -0.25) is 14.4 Å². The van der Waals surface area contributed by atoms with E-state index in [1.807, 2.05) is 43.3 Å². The number of carbonyl (C=O) groups excluding carboxylic acids is 3. The van der Waals surface area contributed by atoms with Crippen molar-refractivity contribution in [1.29, 1.82) is 0 Å². The Kier molecular flexibility index (Phi) is 7.33. The molecular formula is C26H33N3O3. The summed E-state index contributed by atoms with van der Waals surface area (Å²) in [6, 6.07) is 15.0. The van der Waals surface area contributed by atoms with E-state index in [0.717, 1.165) is 11.1 Å². The Balaban J connectivity index is 1.51. The number of amides is 3. The SMILES string of the molecule is Cc1cccc(C(=O)N2CCCN(C(=O)CNC(=O)c3ccc(C(C)(C)C)cc3)CC2)c1. The molecule has 3 rings (SSSR count). The topological polar surface area (TPSA) is 69.7 Å². The molecule has 1 heterocycles. The Hall–Kier alpha value is -3.15. The first-order valence-corrected chi connectivity index (χ1v) is 11.2. The lowest BCUT2D eigenvalue weighted by Gasteiger charge is -2.22. The third kappa shape index (κ3) is 5.96. The predicted molar refractivity (Wildman–Crippen MR) is 126 cm³/mol. The normalized spacial score (nSPS) is 14.6. The highest BCUT2D eigenvalue weighted by atomic mass is 16.2. The lowest BCUT2D eigenvalue weighted by Crippen LogP contribution is -2.42. The van der Waals surface area contributed by atoms with Gasteiger partial charge in [0, 0.05) is 37.3 Å². The van der Waals surface area contributed by atoms with Crippen molar-refractivity contribution in [2.45, 2.75) is 39.5 Å². The summed E-state index contributed by atoms with van der Waals surface area (Å²) in [7, 11) is 0. The van der Waals surface area contributed by atoms with E-state index in [4.69, 9.17) is 0 Å². The van der Waals surface area contributed by atoms with E-state index < -0.39 is 0 Å². The molecule has 0 atom stereocenters. The molecule has 0 saturated carbocycles. The monoisotopic (exact) mass is 435 g/mol. The van der Waals surface area contributed by atoms with Crippen LogP contribution in [0.2, 0.25) is 0 Å². The summed E-state index contributed by atoms with van der Waals surface area (Å²) in [5.74, 6) is -0.394. The van der Waals surface area contributed by atoms with Crippen LogP contribution in [0.25, 0.3) is 0 Å². The zero-order valence-corrected chi connectivity index (χ0v) is 19.5. The number of aryl methyl sites for hydroxylation is 1. The molecule has 0 unspecified atom stereocenters. The fraction of sp³-hybridized carbons (Fsp3) is 0.423. The molecule has 1 aliphatic heterocycles. The molecule has 3 amide bonds. The quantitative estimate of drug-likeness (QED) is 0.800. The van der Waals surface area contributed by atoms with E-state index in [0.29, 0.717) is 43.7 Å². The zero-order chi connectivity index (χ0) is 23.3. The molecule has 170 valence electrons. The highest BCUT2D eigenvalue weighted by Crippen LogP contribution is 2.22. The number of nitrogens with one attached hydrogen (secondary N) is 1. The Morgan fingerprint density at radius 1 is 0.875 bits per heavy atom. The Labute approximate surface area is 190 Å². The average molecular weight is 436 g/mol. The maximum absolute atomic E-state index is 12.8. The number of hydrogen-bond donors (Lipinski definition) is 1. The fourth-order valence-corrected chi connectivity index (χ4v) is 3.82. The summed E-state index contributed by atoms with van der Waals surface area (Å²) in [5.41, 5.74) is 3.43. The molecule has 1 saturated heterocycles. The molecule has 1 fully saturated rings. The van der Waals surface area contributed by atoms with Gasteiger partial charge in [0.05, 0.1) is 6.54 Å². The molecule has 1 N–H and O–H groups in total. The number of nitrogens with zero attached hydrogens (tertiary/aromatic N) is 2. The van der Waals surface area contributed by atoms with Gasteiger partial charge in [-0.1, -0.05) is 50.6 Å². The van der Waals surface area contributed by atoms with Crippen LogP contribution in [-0.2, 0) is 10.2 Å². The molecule has 0 radical (unpaired) electrons. The van der Waals surface area contributed by atoms with Crippen molar-refractivity contribution in [3.63, 3.8) is 0 Å². The summed E-state index contributed by atoms with van der Waals surface area (Å²) in [6.07, 6.45) is 0.714. The first-order valence-electron chi connectivity index (χ1n) is 11.2. The van der Waals surface area contributed by atoms with Crippen molar-refractivity contribution in [2.75, 3.05) is 32.7 Å². The van der Waals surface area contributed by atoms with Gasteiger partial charge in [0.25, 0.3) is 11.8 Å². The van der Waals surface area contributed by atoms with Crippen molar-refractivity contribution < 1.29 is 14.4 Å². The Morgan fingerprint density at radius 2 is 1.53 bits per heavy atom. The molecule has 32 heavy (non-hydrogen) atoms. The Bertz CT molecular complexity index is 977. The summed E-state index contributed by atoms with van der Waals surface area (Å²) >= 11 is 0. The van der Waals surface area contributed by atoms with Gasteiger partial charge in [0.2, 0.25) is 5.91 Å². The van der Waals surface area contributed by atoms with Gasteiger partial charge in [0.15, 0.2) is 0 Å². The van der Waals surface area contributed by atoms with Gasteiger partial charge in [-0.25, -0.2) is 0 Å². The van der Waals surface area contributed by atoms with Gasteiger partial charge < -0.3 is 15.1 Å². The predicted octanol–water partition coefficient (Wildman–Crippen LogP) is 3.40. The number of benzene rings is 2. The minimum absolute atomic E-state index is 0.00462. The summed E-state index contributed by atoms with van der Waals surface area (Å²) in [5, 5.41) is 2.73. The largest absolute Gasteiger partial charge is 0.343 e. The van der Waals surface area contributed by atoms with E-state index in [9.17, 15) is 14.4 Å². The van der Waals surface area contributed by atoms with Gasteiger partial charge in [-0.2, -0.15) is 0 Å². The van der Waals surface area contributed by atoms with Crippen LogP contribution < -0.4 is 5.32 Å². The van der Waals surface area contributed by atoms with E-state index in [1.165, 1.54) is 0 Å². The molecule has 1 aliphatic rings. The number of rotatable bonds is 4. The maximum atomic E-state index is 12.8. The smallest absolute Gasteiger partial charge is 0.253 e. The molecule has 0 spiro atoms. The van der Waals surface area contributed by atoms with Gasteiger partial charge in [-0.05, 0) is 48.6 Å². The van der Waals surface area contributed by atoms with Crippen molar-refractivity contribution in [1.82, 2.24) is 15.1 Å². The summed E-state index contributed by atoms with van der Waals surface area (Å²) in [4.78, 5) is 41.5. The zero-order valence-electron chi connectivity index (χ0n) is 19.5. The number of hydrogen-bond acceptors (Lipinski definition) is 3. The van der Waals surface area contributed by atoms with Crippen molar-refractivity contribution in [2.24, 2.45) is 0 Å². The molecule has 2 aromatic carbocycles. The minimum atomic E-state index is -0.259. The van der Waals surface area contributed by atoms with E-state index in [2.05, 4.69) is 26.1 Å². The fourth-order valence-electron chi connectivity index (χ4n) is 3.82. The third-order valence-corrected chi connectivity index (χ3v) is 5.81. The van der Waals surface area contributed by atoms with Crippen LogP contribution in [0, 0.1) is 6.92 Å². The first kappa shape index (κ1) is 23.5. The molecule has 0 bridgehead atoms. The standard InChI is InChI=1S/C26H33N3O3/c1-19-7-5-8-21(17-19)25(32)29-14-6-13-28(15-16-29)23(30)18-27-24(31)20-9-11-22(12-10-20)26(2,3)4/h5,7-12,17H,6,13-16,18H2,1-4H3,(H,27,31). The third-order valence-electron chi connectivity index (χ3n) is 5.81. The highest BCUT2D eigenvalue weighted by molar-refractivity contribution is 5.96. The van der Waals surface area contributed by atoms with E-state index in [1.54, 1.807) is 21.9 Å². The maximum Gasteiger partial charge on any atom is 0.253 e. The highest BCUT2D eigenvalue weighted by Gasteiger charge is 2.23. The molecule has 6 heteroatoms. The summed E-state index contributed by atoms with van der Waals surface area (Å²) in [6.45, 7) is 10.4. The second-order valence-electron chi connectivity index (χ2n) is 9.41. The average Bonchev–Trinajstić information content (AvgIpc) is 3.02. The first-order chi connectivity index (χ1) is 15.1. The van der Waals surface area contributed by atoms with Crippen molar-refractivity contribution >= 4 is 17.7 Å². The molecule has 6 nitrogen and oxygen atoms in total. The number of carbonyl (C=O) groups is 3. The van der Waals surface area contributed by atoms with E-state index in [-0.39, 0.29) is 29.7 Å². The van der Waals surface area contributed by atoms with Crippen LogP contribution in [0.5, 0.6) is 0 Å². The Morgan fingerprint density at radius 3 is 2.19 bits per heavy atom. The lowest BCUT2D eigenvalue weighted by atomic mass is 9.87. The van der Waals surface area contributed by atoms with Gasteiger partial charge in [0.1, 0.15) is 0 Å². The molecule has 2 aromatic rings. The van der Waals surface area contributed by atoms with Crippen LogP contribution in [0.4, 0.5) is 0 Å². The van der Waals surface area contributed by atoms with Gasteiger partial charge in [-0.15, -0.1) is 0 Å². The van der Waals surface area contributed by atoms with Gasteiger partial charge >= 0.3 is 0 Å². The second kappa shape index (κ2) is 9.98. The van der Waals surface area contributed by atoms with E-state index >= 15 is 0 Å². The minimum Gasteiger partial charge on any atom is -0.343 e. The van der Waals surface area contributed by atoms with Crippen LogP contribution in [-0.4, -0.2) is 60.2 Å². The molecule has 0 aromatic heterocycles. The summed E-state index contributed by atoms with van der Waals surface area (Å²) < 4.78 is 0. The second-order valence-corrected chi connectivity index (χ2v) is 9.41. The molecular weight excluding hydrogens is 402 g/mol. The van der Waals surface area contributed by atoms with Crippen LogP contribution in [0.1, 0.15) is 59.0 Å². The van der Waals surface area contributed by atoms with Crippen molar-refractivity contribution in [3.05, 3.63) is 70.8 Å². The molecule has 0 aliphatic carbocycles. The lowest BCUT2D eigenvalue weighted by molar-refractivity contribution is -0.129. The van der Waals surface area contributed by atoms with Crippen molar-refractivity contribution in [3.8, 4) is 0 Å². The van der Waals surface area contributed by atoms with Crippen LogP contribution in [0.15, 0.2) is 48.5 Å². The van der Waals surface area contributed by atoms with Crippen LogP contribution >= 0.6 is 0 Å². The van der Waals surface area contributed by atoms with Crippen LogP contribution in [0.3, 0.4) is 0 Å².